The van der Waals surface area contributed by atoms with Gasteiger partial charge in [-0.05, 0) is 58.6 Å². The van der Waals surface area contributed by atoms with Crippen molar-refractivity contribution in [3.8, 4) is 0 Å². The molecule has 0 saturated heterocycles. The lowest BCUT2D eigenvalue weighted by molar-refractivity contribution is -0.154. The molecule has 1 aromatic carbocycles. The van der Waals surface area contributed by atoms with Gasteiger partial charge in [-0.3, -0.25) is 19.4 Å². The van der Waals surface area contributed by atoms with Crippen LogP contribution in [0, 0.1) is 0 Å². The quantitative estimate of drug-likeness (QED) is 0.0542. The SMILES string of the molecule is CC(C)(C)OC(=O)CCNCCCCNC(=O)C(NC(=O)CCCCCCN=C(N)N)OCc1ccccc1. The van der Waals surface area contributed by atoms with Gasteiger partial charge in [0.15, 0.2) is 5.96 Å². The van der Waals surface area contributed by atoms with Crippen molar-refractivity contribution in [1.29, 1.82) is 0 Å². The zero-order chi connectivity index (χ0) is 28.9. The van der Waals surface area contributed by atoms with E-state index in [1.54, 1.807) is 0 Å². The van der Waals surface area contributed by atoms with Gasteiger partial charge in [-0.1, -0.05) is 43.2 Å². The predicted octanol–water partition coefficient (Wildman–Crippen LogP) is 2.09. The van der Waals surface area contributed by atoms with E-state index < -0.39 is 11.8 Å². The Morgan fingerprint density at radius 1 is 0.897 bits per heavy atom. The van der Waals surface area contributed by atoms with Gasteiger partial charge in [-0.25, -0.2) is 0 Å². The van der Waals surface area contributed by atoms with E-state index in [0.717, 1.165) is 44.2 Å². The van der Waals surface area contributed by atoms with E-state index >= 15 is 0 Å². The van der Waals surface area contributed by atoms with Gasteiger partial charge < -0.3 is 36.9 Å². The summed E-state index contributed by atoms with van der Waals surface area (Å²) in [7, 11) is 0. The molecule has 0 aliphatic carbocycles. The molecule has 0 saturated carbocycles. The van der Waals surface area contributed by atoms with E-state index in [9.17, 15) is 14.4 Å². The summed E-state index contributed by atoms with van der Waals surface area (Å²) in [5.74, 6) is -0.758. The molecule has 0 aliphatic heterocycles. The summed E-state index contributed by atoms with van der Waals surface area (Å²) in [6.45, 7) is 8.01. The highest BCUT2D eigenvalue weighted by Crippen LogP contribution is 2.08. The molecule has 0 aliphatic rings. The molecular weight excluding hydrogens is 500 g/mol. The summed E-state index contributed by atoms with van der Waals surface area (Å²) in [6, 6.07) is 9.48. The third kappa shape index (κ3) is 19.5. The van der Waals surface area contributed by atoms with Crippen LogP contribution in [0.1, 0.15) is 77.7 Å². The number of hydrogen-bond donors (Lipinski definition) is 5. The van der Waals surface area contributed by atoms with Crippen LogP contribution in [0.2, 0.25) is 0 Å². The van der Waals surface area contributed by atoms with Crippen LogP contribution in [0.25, 0.3) is 0 Å². The van der Waals surface area contributed by atoms with Crippen LogP contribution in [-0.4, -0.2) is 61.8 Å². The van der Waals surface area contributed by atoms with Crippen molar-refractivity contribution in [2.75, 3.05) is 26.2 Å². The van der Waals surface area contributed by atoms with Crippen molar-refractivity contribution in [3.63, 3.8) is 0 Å². The highest BCUT2D eigenvalue weighted by Gasteiger charge is 2.21. The van der Waals surface area contributed by atoms with Gasteiger partial charge in [0.1, 0.15) is 5.60 Å². The number of nitrogens with two attached hydrogens (primary N) is 2. The Morgan fingerprint density at radius 2 is 1.59 bits per heavy atom. The number of hydrogen-bond acceptors (Lipinski definition) is 7. The van der Waals surface area contributed by atoms with Gasteiger partial charge >= 0.3 is 5.97 Å². The Kier molecular flexibility index (Phi) is 17.2. The zero-order valence-electron chi connectivity index (χ0n) is 23.8. The Bertz CT molecular complexity index is 869. The summed E-state index contributed by atoms with van der Waals surface area (Å²) < 4.78 is 11.0. The van der Waals surface area contributed by atoms with E-state index in [1.807, 2.05) is 51.1 Å². The van der Waals surface area contributed by atoms with E-state index in [1.165, 1.54) is 0 Å². The number of nitrogens with zero attached hydrogens (tertiary/aromatic N) is 1. The van der Waals surface area contributed by atoms with Crippen molar-refractivity contribution in [2.45, 2.75) is 90.6 Å². The van der Waals surface area contributed by atoms with Gasteiger partial charge in [0, 0.05) is 26.1 Å². The van der Waals surface area contributed by atoms with Gasteiger partial charge in [0.05, 0.1) is 13.0 Å². The molecule has 0 aromatic heterocycles. The summed E-state index contributed by atoms with van der Waals surface area (Å²) in [4.78, 5) is 40.9. The first-order chi connectivity index (χ1) is 18.6. The molecule has 220 valence electrons. The highest BCUT2D eigenvalue weighted by atomic mass is 16.6. The van der Waals surface area contributed by atoms with Crippen LogP contribution in [0.3, 0.4) is 0 Å². The first-order valence-corrected chi connectivity index (χ1v) is 13.8. The largest absolute Gasteiger partial charge is 0.460 e. The standard InChI is InChI=1S/C28H48N6O5/c1-28(2,3)39-24(36)16-20-31-17-11-12-18-32-25(37)26(38-21-22-13-7-6-8-14-22)34-23(35)15-9-4-5-10-19-33-27(29)30/h6-8,13-14,26,31H,4-5,9-12,15-21H2,1-3H3,(H,32,37)(H,34,35)(H4,29,30,33). The monoisotopic (exact) mass is 548 g/mol. The summed E-state index contributed by atoms with van der Waals surface area (Å²) in [5, 5.41) is 8.77. The predicted molar refractivity (Wildman–Crippen MR) is 152 cm³/mol. The maximum absolute atomic E-state index is 12.8. The van der Waals surface area contributed by atoms with Crippen LogP contribution in [0.4, 0.5) is 0 Å². The minimum atomic E-state index is -1.08. The second kappa shape index (κ2) is 19.8. The number of rotatable bonds is 20. The Hall–Kier alpha value is -3.18. The number of aliphatic imine (C=N–C) groups is 1. The van der Waals surface area contributed by atoms with Gasteiger partial charge in [0.2, 0.25) is 12.1 Å². The number of amides is 2. The summed E-state index contributed by atoms with van der Waals surface area (Å²) >= 11 is 0. The van der Waals surface area contributed by atoms with Gasteiger partial charge in [-0.15, -0.1) is 0 Å². The topological polar surface area (TPSA) is 170 Å². The van der Waals surface area contributed by atoms with Crippen molar-refractivity contribution >= 4 is 23.7 Å². The fourth-order valence-electron chi connectivity index (χ4n) is 3.50. The van der Waals surface area contributed by atoms with E-state index in [4.69, 9.17) is 20.9 Å². The average Bonchev–Trinajstić information content (AvgIpc) is 2.86. The van der Waals surface area contributed by atoms with Crippen LogP contribution >= 0.6 is 0 Å². The first-order valence-electron chi connectivity index (χ1n) is 13.8. The minimum Gasteiger partial charge on any atom is -0.460 e. The number of esters is 1. The Balaban J connectivity index is 2.35. The van der Waals surface area contributed by atoms with Crippen molar-refractivity contribution in [2.24, 2.45) is 16.5 Å². The molecule has 1 aromatic rings. The fraction of sp³-hybridized carbons (Fsp3) is 0.643. The third-order valence-electron chi connectivity index (χ3n) is 5.40. The number of carbonyl (C=O) groups excluding carboxylic acids is 3. The van der Waals surface area contributed by atoms with Gasteiger partial charge in [0.25, 0.3) is 5.91 Å². The molecular formula is C28H48N6O5. The lowest BCUT2D eigenvalue weighted by Gasteiger charge is -2.19. The first kappa shape index (κ1) is 33.8. The molecule has 1 rings (SSSR count). The van der Waals surface area contributed by atoms with Gasteiger partial charge in [-0.2, -0.15) is 0 Å². The molecule has 0 fully saturated rings. The number of unbranched alkanes of at least 4 members (excludes halogenated alkanes) is 4. The van der Waals surface area contributed by atoms with Crippen molar-refractivity contribution in [1.82, 2.24) is 16.0 Å². The van der Waals surface area contributed by atoms with Crippen LogP contribution in [-0.2, 0) is 30.5 Å². The molecule has 11 heteroatoms. The minimum absolute atomic E-state index is 0.0844. The number of benzene rings is 1. The molecule has 11 nitrogen and oxygen atoms in total. The lowest BCUT2D eigenvalue weighted by atomic mass is 10.1. The van der Waals surface area contributed by atoms with E-state index in [0.29, 0.717) is 38.9 Å². The molecule has 2 amide bonds. The zero-order valence-corrected chi connectivity index (χ0v) is 23.8. The maximum atomic E-state index is 12.8. The normalized spacial score (nSPS) is 11.9. The number of guanidine groups is 1. The Morgan fingerprint density at radius 3 is 2.28 bits per heavy atom. The molecule has 0 radical (unpaired) electrons. The van der Waals surface area contributed by atoms with Crippen LogP contribution in [0.5, 0.6) is 0 Å². The van der Waals surface area contributed by atoms with Crippen molar-refractivity contribution in [3.05, 3.63) is 35.9 Å². The van der Waals surface area contributed by atoms with E-state index in [2.05, 4.69) is 20.9 Å². The smallest absolute Gasteiger partial charge is 0.307 e. The van der Waals surface area contributed by atoms with Crippen molar-refractivity contribution < 1.29 is 23.9 Å². The van der Waals surface area contributed by atoms with E-state index in [-0.39, 0.29) is 30.4 Å². The molecule has 1 atom stereocenters. The second-order valence-electron chi connectivity index (χ2n) is 10.3. The molecule has 0 heterocycles. The maximum Gasteiger partial charge on any atom is 0.307 e. The second-order valence-corrected chi connectivity index (χ2v) is 10.3. The molecule has 0 bridgehead atoms. The number of nitrogens with one attached hydrogen (secondary N) is 3. The Labute approximate surface area is 232 Å². The fourth-order valence-corrected chi connectivity index (χ4v) is 3.50. The molecule has 39 heavy (non-hydrogen) atoms. The van der Waals surface area contributed by atoms with Crippen LogP contribution in [0.15, 0.2) is 35.3 Å². The molecule has 0 spiro atoms. The van der Waals surface area contributed by atoms with Crippen LogP contribution < -0.4 is 27.4 Å². The number of carbonyl (C=O) groups is 3. The lowest BCUT2D eigenvalue weighted by Crippen LogP contribution is -2.48. The average molecular weight is 549 g/mol. The summed E-state index contributed by atoms with van der Waals surface area (Å²) in [6.07, 6.45) is 4.42. The number of ether oxygens (including phenoxy) is 2. The third-order valence-corrected chi connectivity index (χ3v) is 5.40. The molecule has 7 N–H and O–H groups in total. The summed E-state index contributed by atoms with van der Waals surface area (Å²) in [5.41, 5.74) is 11.0. The highest BCUT2D eigenvalue weighted by molar-refractivity contribution is 5.86. The molecule has 1 unspecified atom stereocenters.